The first kappa shape index (κ1) is 15.6. The molecule has 0 heterocycles. The minimum atomic E-state index is -1.83. The van der Waals surface area contributed by atoms with E-state index in [-0.39, 0.29) is 65.4 Å². The maximum Gasteiger partial charge on any atom is 0.503 e. The number of hydrogen-bond donors (Lipinski definition) is 2. The van der Waals surface area contributed by atoms with Crippen molar-refractivity contribution in [3.8, 4) is 0 Å². The van der Waals surface area contributed by atoms with Crippen LogP contribution in [0.2, 0.25) is 0 Å². The molecule has 0 unspecified atom stereocenters. The Morgan fingerprint density at radius 1 is 1.17 bits per heavy atom. The minimum Gasteiger partial charge on any atom is -0.450 e. The summed E-state index contributed by atoms with van der Waals surface area (Å²) < 4.78 is 0. The minimum absolute atomic E-state index is 0. The van der Waals surface area contributed by atoms with E-state index >= 15 is 0 Å². The molecule has 3 nitrogen and oxygen atoms in total. The van der Waals surface area contributed by atoms with Crippen molar-refractivity contribution in [3.63, 3.8) is 0 Å². The van der Waals surface area contributed by atoms with Crippen molar-refractivity contribution in [1.29, 1.82) is 0 Å². The van der Waals surface area contributed by atoms with Crippen molar-refractivity contribution in [3.05, 3.63) is 0 Å². The van der Waals surface area contributed by atoms with Crippen LogP contribution in [0.4, 0.5) is 4.79 Å². The fourth-order valence-corrected chi connectivity index (χ4v) is 0. The van der Waals surface area contributed by atoms with Crippen LogP contribution in [-0.4, -0.2) is 16.4 Å². The molecular formula is CH2O3Y2. The van der Waals surface area contributed by atoms with Gasteiger partial charge in [-0.15, -0.1) is 0 Å². The second-order valence-corrected chi connectivity index (χ2v) is 0.283. The van der Waals surface area contributed by atoms with Crippen molar-refractivity contribution in [2.45, 2.75) is 0 Å². The molecular weight excluding hydrogens is 238 g/mol. The monoisotopic (exact) mass is 240 g/mol. The van der Waals surface area contributed by atoms with Crippen molar-refractivity contribution >= 4 is 6.16 Å². The zero-order valence-corrected chi connectivity index (χ0v) is 8.63. The Kier molecular flexibility index (Phi) is 25.3. The maximum atomic E-state index is 8.56. The first-order valence-corrected chi connectivity index (χ1v) is 0.651. The Morgan fingerprint density at radius 3 is 1.17 bits per heavy atom. The molecule has 0 rings (SSSR count). The van der Waals surface area contributed by atoms with Gasteiger partial charge < -0.3 is 10.2 Å². The molecule has 0 atom stereocenters. The van der Waals surface area contributed by atoms with Crippen LogP contribution in [0.1, 0.15) is 0 Å². The smallest absolute Gasteiger partial charge is 0.450 e. The quantitative estimate of drug-likeness (QED) is 0.636. The molecule has 2 radical (unpaired) electrons. The fourth-order valence-electron chi connectivity index (χ4n) is 0. The average Bonchev–Trinajstić information content (AvgIpc) is 0.811. The number of hydrogen-bond acceptors (Lipinski definition) is 1. The van der Waals surface area contributed by atoms with Crippen molar-refractivity contribution < 1.29 is 80.4 Å². The summed E-state index contributed by atoms with van der Waals surface area (Å²) in [6, 6.07) is 0. The fraction of sp³-hybridized carbons (Fsp3) is 0. The van der Waals surface area contributed by atoms with E-state index in [0.717, 1.165) is 0 Å². The summed E-state index contributed by atoms with van der Waals surface area (Å²) in [4.78, 5) is 8.56. The van der Waals surface area contributed by atoms with Gasteiger partial charge in [0.15, 0.2) is 0 Å². The van der Waals surface area contributed by atoms with Gasteiger partial charge in [0.2, 0.25) is 0 Å². The van der Waals surface area contributed by atoms with Gasteiger partial charge in [-0.05, 0) is 0 Å². The van der Waals surface area contributed by atoms with Gasteiger partial charge in [-0.25, -0.2) is 4.79 Å². The topological polar surface area (TPSA) is 57.5 Å². The van der Waals surface area contributed by atoms with Crippen LogP contribution < -0.4 is 0 Å². The largest absolute Gasteiger partial charge is 0.503 e. The van der Waals surface area contributed by atoms with E-state index in [1.807, 2.05) is 0 Å². The van der Waals surface area contributed by atoms with Crippen LogP contribution in [0.25, 0.3) is 0 Å². The van der Waals surface area contributed by atoms with Gasteiger partial charge in [0, 0.05) is 65.4 Å². The number of carboxylic acid groups (broad SMARTS) is 2. The molecule has 2 N–H and O–H groups in total. The molecule has 0 amide bonds. The predicted octanol–water partition coefficient (Wildman–Crippen LogP) is 0.217. The van der Waals surface area contributed by atoms with Gasteiger partial charge in [0.05, 0.1) is 0 Å². The summed E-state index contributed by atoms with van der Waals surface area (Å²) in [6.07, 6.45) is -1.83. The summed E-state index contributed by atoms with van der Waals surface area (Å²) in [7, 11) is 0. The Bertz CT molecular complexity index is 31.8. The summed E-state index contributed by atoms with van der Waals surface area (Å²) in [6.45, 7) is 0. The third kappa shape index (κ3) is 50.3. The van der Waals surface area contributed by atoms with E-state index in [9.17, 15) is 0 Å². The first-order chi connectivity index (χ1) is 1.73. The maximum absolute atomic E-state index is 8.56. The Morgan fingerprint density at radius 2 is 1.17 bits per heavy atom. The zero-order chi connectivity index (χ0) is 3.58. The molecule has 0 aromatic heterocycles. The van der Waals surface area contributed by atoms with Crippen LogP contribution in [0.3, 0.4) is 0 Å². The van der Waals surface area contributed by atoms with E-state index in [1.165, 1.54) is 0 Å². The molecule has 0 spiro atoms. The van der Waals surface area contributed by atoms with E-state index < -0.39 is 6.16 Å². The summed E-state index contributed by atoms with van der Waals surface area (Å²) in [5, 5.41) is 13.9. The van der Waals surface area contributed by atoms with Gasteiger partial charge in [0.1, 0.15) is 0 Å². The van der Waals surface area contributed by atoms with Gasteiger partial charge in [-0.3, -0.25) is 0 Å². The average molecular weight is 240 g/mol. The second kappa shape index (κ2) is 9.69. The van der Waals surface area contributed by atoms with Gasteiger partial charge in [-0.1, -0.05) is 0 Å². The predicted molar refractivity (Wildman–Crippen MR) is 10.7 cm³/mol. The first-order valence-electron chi connectivity index (χ1n) is 0.651. The normalized spacial score (nSPS) is 4.00. The van der Waals surface area contributed by atoms with Crippen molar-refractivity contribution in [2.75, 3.05) is 0 Å². The molecule has 0 aliphatic rings. The van der Waals surface area contributed by atoms with E-state index in [0.29, 0.717) is 0 Å². The summed E-state index contributed by atoms with van der Waals surface area (Å²) in [5.41, 5.74) is 0. The Hall–Kier alpha value is 1.48. The molecule has 30 valence electrons. The van der Waals surface area contributed by atoms with Gasteiger partial charge in [-0.2, -0.15) is 0 Å². The van der Waals surface area contributed by atoms with Gasteiger partial charge >= 0.3 is 6.16 Å². The molecule has 6 heavy (non-hydrogen) atoms. The van der Waals surface area contributed by atoms with Crippen LogP contribution in [-0.2, 0) is 65.4 Å². The third-order valence-corrected chi connectivity index (χ3v) is 0. The molecule has 0 aromatic carbocycles. The molecule has 0 aliphatic carbocycles. The van der Waals surface area contributed by atoms with Crippen molar-refractivity contribution in [2.24, 2.45) is 0 Å². The Labute approximate surface area is 85.3 Å². The summed E-state index contributed by atoms with van der Waals surface area (Å²) in [5.74, 6) is 0. The molecule has 0 aliphatic heterocycles. The van der Waals surface area contributed by atoms with Crippen molar-refractivity contribution in [1.82, 2.24) is 0 Å². The van der Waals surface area contributed by atoms with E-state index in [4.69, 9.17) is 15.0 Å². The van der Waals surface area contributed by atoms with Crippen LogP contribution >= 0.6 is 0 Å². The SMILES string of the molecule is O=C(O)O.[Y].[Y]. The zero-order valence-electron chi connectivity index (χ0n) is 2.96. The molecule has 0 saturated carbocycles. The molecule has 0 aromatic rings. The van der Waals surface area contributed by atoms with E-state index in [2.05, 4.69) is 0 Å². The van der Waals surface area contributed by atoms with Crippen LogP contribution in [0, 0.1) is 0 Å². The molecule has 0 fully saturated rings. The standard InChI is InChI=1S/CH2O3.2Y/c2-1(3)4;;/h(H2,2,3,4);;. The molecule has 5 heteroatoms. The van der Waals surface area contributed by atoms with E-state index in [1.54, 1.807) is 0 Å². The molecule has 0 bridgehead atoms. The van der Waals surface area contributed by atoms with Crippen LogP contribution in [0.15, 0.2) is 0 Å². The van der Waals surface area contributed by atoms with Gasteiger partial charge in [0.25, 0.3) is 0 Å². The Balaban J connectivity index is -0.0000000450. The summed E-state index contributed by atoms with van der Waals surface area (Å²) >= 11 is 0. The number of carbonyl (C=O) groups is 1. The molecule has 0 saturated heterocycles. The third-order valence-electron chi connectivity index (χ3n) is 0. The second-order valence-electron chi connectivity index (χ2n) is 0.283. The number of rotatable bonds is 0. The van der Waals surface area contributed by atoms with Crippen LogP contribution in [0.5, 0.6) is 0 Å².